The van der Waals surface area contributed by atoms with Gasteiger partial charge in [0.2, 0.25) is 5.89 Å². The Bertz CT molecular complexity index is 1440. The molecule has 34 heavy (non-hydrogen) atoms. The second kappa shape index (κ2) is 8.79. The first-order valence-corrected chi connectivity index (χ1v) is 10.7. The number of pyridine rings is 1. The number of oxazole rings is 1. The first kappa shape index (κ1) is 23.8. The first-order valence-electron chi connectivity index (χ1n) is 10.3. The van der Waals surface area contributed by atoms with Gasteiger partial charge in [-0.3, -0.25) is 9.36 Å². The molecule has 2 aromatic carbocycles. The number of benzene rings is 2. The Morgan fingerprint density at radius 1 is 1.12 bits per heavy atom. The number of aryl methyl sites for hydroxylation is 2. The third kappa shape index (κ3) is 4.27. The SMILES string of the molecule is Cc1cc(Cl)cc(C)c1-n1cc(-c2nc([C@](C)(O)CO)oc2-c2ccc(F)cc2F)ccc1=O. The Balaban J connectivity index is 1.98. The number of aliphatic hydroxyl groups is 2. The average molecular weight is 487 g/mol. The molecular formula is C25H21ClF2N2O4. The Kier molecular flexibility index (Phi) is 6.16. The highest BCUT2D eigenvalue weighted by atomic mass is 35.5. The maximum absolute atomic E-state index is 14.7. The molecule has 0 saturated carbocycles. The summed E-state index contributed by atoms with van der Waals surface area (Å²) in [6.45, 7) is 4.22. The predicted molar refractivity (Wildman–Crippen MR) is 124 cm³/mol. The number of rotatable bonds is 5. The van der Waals surface area contributed by atoms with E-state index in [0.29, 0.717) is 22.3 Å². The van der Waals surface area contributed by atoms with E-state index < -0.39 is 23.8 Å². The van der Waals surface area contributed by atoms with E-state index in [4.69, 9.17) is 16.0 Å². The number of aliphatic hydroxyl groups excluding tert-OH is 1. The Labute approximate surface area is 198 Å². The van der Waals surface area contributed by atoms with Crippen molar-refractivity contribution in [3.05, 3.63) is 92.7 Å². The average Bonchev–Trinajstić information content (AvgIpc) is 3.20. The molecule has 0 saturated heterocycles. The molecule has 0 aliphatic carbocycles. The number of hydrogen-bond acceptors (Lipinski definition) is 5. The zero-order valence-corrected chi connectivity index (χ0v) is 19.3. The maximum atomic E-state index is 14.7. The minimum absolute atomic E-state index is 0.0871. The van der Waals surface area contributed by atoms with Gasteiger partial charge in [-0.15, -0.1) is 0 Å². The fourth-order valence-electron chi connectivity index (χ4n) is 3.75. The van der Waals surface area contributed by atoms with E-state index in [1.54, 1.807) is 12.1 Å². The predicted octanol–water partition coefficient (Wildman–Crippen LogP) is 4.91. The topological polar surface area (TPSA) is 88.5 Å². The lowest BCUT2D eigenvalue weighted by Gasteiger charge is -2.15. The van der Waals surface area contributed by atoms with Crippen LogP contribution in [0.15, 0.2) is 57.9 Å². The molecule has 0 unspecified atom stereocenters. The van der Waals surface area contributed by atoms with Gasteiger partial charge in [0.15, 0.2) is 11.4 Å². The van der Waals surface area contributed by atoms with Gasteiger partial charge in [0.05, 0.1) is 17.9 Å². The third-order valence-corrected chi connectivity index (χ3v) is 5.67. The van der Waals surface area contributed by atoms with E-state index in [9.17, 15) is 23.8 Å². The van der Waals surface area contributed by atoms with Crippen LogP contribution in [-0.2, 0) is 5.60 Å². The highest BCUT2D eigenvalue weighted by Crippen LogP contribution is 2.37. The van der Waals surface area contributed by atoms with Crippen molar-refractivity contribution < 1.29 is 23.4 Å². The van der Waals surface area contributed by atoms with Crippen LogP contribution < -0.4 is 5.56 Å². The van der Waals surface area contributed by atoms with Crippen molar-refractivity contribution >= 4 is 11.6 Å². The highest BCUT2D eigenvalue weighted by molar-refractivity contribution is 6.30. The smallest absolute Gasteiger partial charge is 0.255 e. The molecule has 0 fully saturated rings. The monoisotopic (exact) mass is 486 g/mol. The second-order valence-electron chi connectivity index (χ2n) is 8.27. The van der Waals surface area contributed by atoms with Gasteiger partial charge in [0.25, 0.3) is 5.56 Å². The van der Waals surface area contributed by atoms with Gasteiger partial charge in [0.1, 0.15) is 17.3 Å². The molecule has 0 bridgehead atoms. The molecule has 2 N–H and O–H groups in total. The van der Waals surface area contributed by atoms with Crippen molar-refractivity contribution in [1.29, 1.82) is 0 Å². The highest BCUT2D eigenvalue weighted by Gasteiger charge is 2.32. The van der Waals surface area contributed by atoms with Crippen LogP contribution in [0.1, 0.15) is 23.9 Å². The van der Waals surface area contributed by atoms with E-state index in [1.165, 1.54) is 35.9 Å². The Morgan fingerprint density at radius 2 is 1.79 bits per heavy atom. The summed E-state index contributed by atoms with van der Waals surface area (Å²) in [6.07, 6.45) is 1.52. The first-order chi connectivity index (χ1) is 16.0. The normalized spacial score (nSPS) is 13.2. The Morgan fingerprint density at radius 3 is 2.41 bits per heavy atom. The van der Waals surface area contributed by atoms with Crippen molar-refractivity contribution in [3.63, 3.8) is 0 Å². The summed E-state index contributed by atoms with van der Waals surface area (Å²) in [7, 11) is 0. The molecule has 176 valence electrons. The third-order valence-electron chi connectivity index (χ3n) is 5.45. The fraction of sp³-hybridized carbons (Fsp3) is 0.200. The van der Waals surface area contributed by atoms with Gasteiger partial charge >= 0.3 is 0 Å². The molecule has 1 atom stereocenters. The van der Waals surface area contributed by atoms with Crippen molar-refractivity contribution in [2.45, 2.75) is 26.4 Å². The molecule has 9 heteroatoms. The van der Waals surface area contributed by atoms with Crippen molar-refractivity contribution in [2.75, 3.05) is 6.61 Å². The van der Waals surface area contributed by atoms with E-state index in [0.717, 1.165) is 17.2 Å². The molecule has 4 aromatic rings. The van der Waals surface area contributed by atoms with E-state index >= 15 is 0 Å². The molecule has 0 radical (unpaired) electrons. The molecule has 2 aromatic heterocycles. The fourth-order valence-corrected chi connectivity index (χ4v) is 4.08. The van der Waals surface area contributed by atoms with Crippen LogP contribution in [0.4, 0.5) is 8.78 Å². The molecule has 0 amide bonds. The summed E-state index contributed by atoms with van der Waals surface area (Å²) < 4.78 is 35.3. The van der Waals surface area contributed by atoms with E-state index in [-0.39, 0.29) is 28.5 Å². The van der Waals surface area contributed by atoms with Crippen LogP contribution in [0, 0.1) is 25.5 Å². The number of hydrogen-bond donors (Lipinski definition) is 2. The molecule has 0 aliphatic heterocycles. The summed E-state index contributed by atoms with van der Waals surface area (Å²) in [4.78, 5) is 17.1. The van der Waals surface area contributed by atoms with E-state index in [1.807, 2.05) is 13.8 Å². The molecule has 6 nitrogen and oxygen atoms in total. The molecule has 2 heterocycles. The molecule has 0 spiro atoms. The summed E-state index contributed by atoms with van der Waals surface area (Å²) in [5.41, 5.74) is 0.343. The number of nitrogens with zero attached hydrogens (tertiary/aromatic N) is 2. The number of halogens is 3. The van der Waals surface area contributed by atoms with Crippen LogP contribution >= 0.6 is 11.6 Å². The van der Waals surface area contributed by atoms with Crippen LogP contribution in [0.2, 0.25) is 5.02 Å². The minimum Gasteiger partial charge on any atom is -0.437 e. The second-order valence-corrected chi connectivity index (χ2v) is 8.70. The molecule has 0 aliphatic rings. The zero-order chi connectivity index (χ0) is 24.8. The lowest BCUT2D eigenvalue weighted by molar-refractivity contribution is -0.0234. The molecule has 4 rings (SSSR count). The lowest BCUT2D eigenvalue weighted by atomic mass is 10.1. The van der Waals surface area contributed by atoms with E-state index in [2.05, 4.69) is 4.98 Å². The summed E-state index contributed by atoms with van der Waals surface area (Å²) in [5, 5.41) is 20.6. The van der Waals surface area contributed by atoms with Crippen LogP contribution in [0.5, 0.6) is 0 Å². The van der Waals surface area contributed by atoms with Crippen molar-refractivity contribution in [3.8, 4) is 28.3 Å². The largest absolute Gasteiger partial charge is 0.437 e. The van der Waals surface area contributed by atoms with Crippen LogP contribution in [0.3, 0.4) is 0 Å². The number of aromatic nitrogens is 2. The molecular weight excluding hydrogens is 466 g/mol. The van der Waals surface area contributed by atoms with Crippen LogP contribution in [0.25, 0.3) is 28.3 Å². The summed E-state index contributed by atoms with van der Waals surface area (Å²) >= 11 is 6.13. The Hall–Kier alpha value is -3.33. The van der Waals surface area contributed by atoms with Gasteiger partial charge in [-0.25, -0.2) is 13.8 Å². The van der Waals surface area contributed by atoms with Gasteiger partial charge in [-0.1, -0.05) is 11.6 Å². The van der Waals surface area contributed by atoms with Crippen molar-refractivity contribution in [1.82, 2.24) is 9.55 Å². The van der Waals surface area contributed by atoms with Crippen LogP contribution in [-0.4, -0.2) is 26.4 Å². The standard InChI is InChI=1S/C25H21ClF2N2O4/c1-13-8-16(26)9-14(2)22(13)30-11-15(4-7-20(30)32)21-23(18-6-5-17(27)10-19(18)28)34-24(29-21)25(3,33)12-31/h4-11,31,33H,12H2,1-3H3/t25-/m1/s1. The quantitative estimate of drug-likeness (QED) is 0.418. The van der Waals surface area contributed by atoms with Crippen molar-refractivity contribution in [2.24, 2.45) is 0 Å². The lowest BCUT2D eigenvalue weighted by Crippen LogP contribution is -2.26. The zero-order valence-electron chi connectivity index (χ0n) is 18.6. The van der Waals surface area contributed by atoms with Gasteiger partial charge in [-0.2, -0.15) is 0 Å². The van der Waals surface area contributed by atoms with Gasteiger partial charge < -0.3 is 14.6 Å². The van der Waals surface area contributed by atoms with Gasteiger partial charge in [-0.05, 0) is 62.2 Å². The minimum atomic E-state index is -1.86. The van der Waals surface area contributed by atoms with Gasteiger partial charge in [0, 0.05) is 28.9 Å². The maximum Gasteiger partial charge on any atom is 0.255 e. The summed E-state index contributed by atoms with van der Waals surface area (Å²) in [5.74, 6) is -2.02. The summed E-state index contributed by atoms with van der Waals surface area (Å²) in [6, 6.07) is 9.23.